The van der Waals surface area contributed by atoms with Gasteiger partial charge in [-0.2, -0.15) is 0 Å². The second-order valence-corrected chi connectivity index (χ2v) is 0. The van der Waals surface area contributed by atoms with E-state index < -0.39 is 0 Å². The first-order valence-corrected chi connectivity index (χ1v) is 0. The topological polar surface area (TPSA) is 28.5 Å². The van der Waals surface area contributed by atoms with Crippen LogP contribution in [-0.4, -0.2) is 0 Å². The minimum absolute atomic E-state index is 0. The molecule has 0 aliphatic carbocycles. The predicted octanol–water partition coefficient (Wildman–Crippen LogP) is -6.11. The number of rotatable bonds is 0. The van der Waals surface area contributed by atoms with E-state index in [4.69, 9.17) is 0 Å². The maximum absolute atomic E-state index is 0. The van der Waals surface area contributed by atoms with Crippen LogP contribution in [0.1, 0.15) is 0 Å². The Morgan fingerprint density at radius 3 is 0.750 bits per heavy atom. The zero-order valence-electron chi connectivity index (χ0n) is 1.61. The molecule has 0 aromatic rings. The van der Waals surface area contributed by atoms with Crippen molar-refractivity contribution in [2.45, 2.75) is 0 Å². The van der Waals surface area contributed by atoms with Crippen molar-refractivity contribution in [2.24, 2.45) is 0 Å². The van der Waals surface area contributed by atoms with Crippen LogP contribution in [0, 0.1) is 0 Å². The van der Waals surface area contributed by atoms with Gasteiger partial charge in [0.2, 0.25) is 0 Å². The zero-order valence-corrected chi connectivity index (χ0v) is 5.32. The van der Waals surface area contributed by atoms with Crippen molar-refractivity contribution in [3.8, 4) is 0 Å². The van der Waals surface area contributed by atoms with Crippen molar-refractivity contribution in [1.29, 1.82) is 0 Å². The molecule has 0 saturated carbocycles. The number of hydrogen-bond acceptors (Lipinski definition) is 0. The Labute approximate surface area is 52.8 Å². The fourth-order valence-corrected chi connectivity index (χ4v) is 0. The third-order valence-electron chi connectivity index (χ3n) is 0. The predicted molar refractivity (Wildman–Crippen MR) is 0.686 cm³/mol. The molecule has 4 heteroatoms. The van der Waals surface area contributed by atoms with Gasteiger partial charge in [0, 0.05) is 22.4 Å². The van der Waals surface area contributed by atoms with Gasteiger partial charge in [-0.3, -0.25) is 0 Å². The molecule has 1 nitrogen and oxygen atoms in total. The minimum Gasteiger partial charge on any atom is -2.00 e. The van der Waals surface area contributed by atoms with E-state index in [-0.39, 0.29) is 52.7 Å². The van der Waals surface area contributed by atoms with Crippen molar-refractivity contribution in [3.63, 3.8) is 0 Å². The maximum atomic E-state index is 0. The Balaban J connectivity index is 0. The molecule has 0 heterocycles. The molecule has 0 amide bonds. The average molecular weight is 180 g/mol. The molecule has 29 valence electrons. The average Bonchev–Trinajstić information content (AvgIpc) is 0. The molecular weight excluding hydrogens is 180 g/mol. The van der Waals surface area contributed by atoms with E-state index in [9.17, 15) is 0 Å². The van der Waals surface area contributed by atoms with Crippen LogP contribution in [-0.2, 0) is 27.9 Å². The first kappa shape index (κ1) is 59.0. The molecule has 0 aliphatic heterocycles. The van der Waals surface area contributed by atoms with Gasteiger partial charge >= 0.3 is 0 Å². The molecular formula is Cl2NbO-4. The summed E-state index contributed by atoms with van der Waals surface area (Å²) >= 11 is 0. The Morgan fingerprint density at radius 1 is 0.750 bits per heavy atom. The standard InChI is InChI=1S/2ClH.Nb.O/h2*1H;;/q;;;-2/p-2. The maximum Gasteiger partial charge on any atom is 0 e. The van der Waals surface area contributed by atoms with Crippen LogP contribution < -0.4 is 24.8 Å². The van der Waals surface area contributed by atoms with Crippen LogP contribution in [0.2, 0.25) is 0 Å². The van der Waals surface area contributed by atoms with E-state index in [1.165, 1.54) is 0 Å². The van der Waals surface area contributed by atoms with Gasteiger partial charge in [0.15, 0.2) is 0 Å². The molecule has 0 bridgehead atoms. The Hall–Kier alpha value is 1.28. The fraction of sp³-hybridized carbons (Fsp3) is 0. The van der Waals surface area contributed by atoms with Gasteiger partial charge in [-0.25, -0.2) is 0 Å². The SMILES string of the molecule is [Cl-].[Cl-].[Nb].[O-2]. The summed E-state index contributed by atoms with van der Waals surface area (Å²) in [4.78, 5) is 0. The van der Waals surface area contributed by atoms with E-state index in [1.54, 1.807) is 0 Å². The van der Waals surface area contributed by atoms with Crippen LogP contribution in [0.4, 0.5) is 0 Å². The van der Waals surface area contributed by atoms with E-state index in [0.717, 1.165) is 0 Å². The Kier molecular flexibility index (Phi) is 415. The van der Waals surface area contributed by atoms with Gasteiger partial charge in [-0.1, -0.05) is 0 Å². The summed E-state index contributed by atoms with van der Waals surface area (Å²) in [6.07, 6.45) is 0. The third kappa shape index (κ3) is 10.4. The van der Waals surface area contributed by atoms with Gasteiger partial charge in [0.1, 0.15) is 0 Å². The first-order valence-electron chi connectivity index (χ1n) is 0. The van der Waals surface area contributed by atoms with Gasteiger partial charge in [0.05, 0.1) is 0 Å². The van der Waals surface area contributed by atoms with Crippen molar-refractivity contribution in [3.05, 3.63) is 0 Å². The first-order chi connectivity index (χ1) is 0. The van der Waals surface area contributed by atoms with Crippen LogP contribution in [0.3, 0.4) is 0 Å². The monoisotopic (exact) mass is 179 g/mol. The number of halogens is 2. The van der Waals surface area contributed by atoms with Crippen molar-refractivity contribution < 1.29 is 52.7 Å². The summed E-state index contributed by atoms with van der Waals surface area (Å²) in [6.45, 7) is 0. The molecule has 0 spiro atoms. The van der Waals surface area contributed by atoms with Crippen LogP contribution in [0.25, 0.3) is 0 Å². The van der Waals surface area contributed by atoms with E-state index in [2.05, 4.69) is 0 Å². The molecule has 0 fully saturated rings. The third-order valence-corrected chi connectivity index (χ3v) is 0. The molecule has 1 radical (unpaired) electrons. The van der Waals surface area contributed by atoms with Crippen LogP contribution in [0.15, 0.2) is 0 Å². The zero-order chi connectivity index (χ0) is 0. The molecule has 4 heavy (non-hydrogen) atoms. The second-order valence-electron chi connectivity index (χ2n) is 0. The van der Waals surface area contributed by atoms with Crippen molar-refractivity contribution in [1.82, 2.24) is 0 Å². The second kappa shape index (κ2) is 28.1. The molecule has 0 saturated heterocycles. The summed E-state index contributed by atoms with van der Waals surface area (Å²) in [5.41, 5.74) is 0. The Bertz CT molecular complexity index is 6.00. The van der Waals surface area contributed by atoms with Crippen LogP contribution in [0.5, 0.6) is 0 Å². The molecule has 0 aromatic heterocycles. The molecule has 0 aromatic carbocycles. The summed E-state index contributed by atoms with van der Waals surface area (Å²) < 4.78 is 0. The fourth-order valence-electron chi connectivity index (χ4n) is 0. The quantitative estimate of drug-likeness (QED) is 0.332. The Morgan fingerprint density at radius 2 is 0.750 bits per heavy atom. The number of hydrogen-bond donors (Lipinski definition) is 0. The minimum atomic E-state index is 0. The van der Waals surface area contributed by atoms with Crippen molar-refractivity contribution in [2.75, 3.05) is 0 Å². The van der Waals surface area contributed by atoms with E-state index in [1.807, 2.05) is 0 Å². The van der Waals surface area contributed by atoms with Crippen LogP contribution >= 0.6 is 0 Å². The molecule has 0 N–H and O–H groups in total. The normalized spacial score (nSPS) is 0. The molecule has 0 atom stereocenters. The molecule has 0 aliphatic rings. The van der Waals surface area contributed by atoms with Gasteiger partial charge < -0.3 is 30.3 Å². The smallest absolute Gasteiger partial charge is 0 e. The molecule has 0 rings (SSSR count). The van der Waals surface area contributed by atoms with Gasteiger partial charge in [-0.15, -0.1) is 0 Å². The van der Waals surface area contributed by atoms with E-state index in [0.29, 0.717) is 0 Å². The largest absolute Gasteiger partial charge is 2.00 e. The molecule has 0 unspecified atom stereocenters. The summed E-state index contributed by atoms with van der Waals surface area (Å²) in [5.74, 6) is 0. The van der Waals surface area contributed by atoms with Crippen molar-refractivity contribution >= 4 is 0 Å². The van der Waals surface area contributed by atoms with E-state index >= 15 is 0 Å². The van der Waals surface area contributed by atoms with Gasteiger partial charge in [0.25, 0.3) is 0 Å². The summed E-state index contributed by atoms with van der Waals surface area (Å²) in [5, 5.41) is 0. The summed E-state index contributed by atoms with van der Waals surface area (Å²) in [6, 6.07) is 0. The van der Waals surface area contributed by atoms with Gasteiger partial charge in [-0.05, 0) is 0 Å². The summed E-state index contributed by atoms with van der Waals surface area (Å²) in [7, 11) is 0.